The van der Waals surface area contributed by atoms with Gasteiger partial charge in [0, 0.05) is 25.4 Å². The molecule has 4 rings (SSSR count). The predicted molar refractivity (Wildman–Crippen MR) is 86.7 cm³/mol. The van der Waals surface area contributed by atoms with E-state index in [0.717, 1.165) is 18.6 Å². The number of amides is 1. The third-order valence-electron chi connectivity index (χ3n) is 4.54. The normalized spacial score (nSPS) is 17.6. The van der Waals surface area contributed by atoms with Crippen LogP contribution in [-0.2, 0) is 11.2 Å². The number of carbonyl (C=O) groups excluding carboxylic acids is 1. The second-order valence-corrected chi connectivity index (χ2v) is 6.68. The standard InChI is InChI=1S/C18H21N3O3/c1-12-3-2-4-15(9-12)23-8-7-16-19-17(24-20-16)14-10-21(11-14)18(22)13-5-6-13/h2-4,9,13-14H,5-8,10-11H2,1H3. The molecule has 1 aromatic heterocycles. The van der Waals surface area contributed by atoms with Gasteiger partial charge in [-0.25, -0.2) is 0 Å². The van der Waals surface area contributed by atoms with E-state index in [-0.39, 0.29) is 17.7 Å². The second-order valence-electron chi connectivity index (χ2n) is 6.68. The Labute approximate surface area is 140 Å². The highest BCUT2D eigenvalue weighted by Crippen LogP contribution is 2.35. The van der Waals surface area contributed by atoms with Gasteiger partial charge in [-0.05, 0) is 37.5 Å². The summed E-state index contributed by atoms with van der Waals surface area (Å²) in [6.07, 6.45) is 2.70. The van der Waals surface area contributed by atoms with Crippen molar-refractivity contribution in [2.45, 2.75) is 32.1 Å². The minimum Gasteiger partial charge on any atom is -0.493 e. The first-order chi connectivity index (χ1) is 11.7. The zero-order valence-corrected chi connectivity index (χ0v) is 13.8. The molecule has 1 aliphatic heterocycles. The molecule has 1 aliphatic carbocycles. The molecule has 6 heteroatoms. The van der Waals surface area contributed by atoms with Crippen LogP contribution in [-0.4, -0.2) is 40.6 Å². The molecule has 6 nitrogen and oxygen atoms in total. The maximum atomic E-state index is 11.9. The molecule has 126 valence electrons. The summed E-state index contributed by atoms with van der Waals surface area (Å²) < 4.78 is 11.0. The molecule has 0 bridgehead atoms. The summed E-state index contributed by atoms with van der Waals surface area (Å²) in [4.78, 5) is 18.2. The van der Waals surface area contributed by atoms with E-state index >= 15 is 0 Å². The van der Waals surface area contributed by atoms with E-state index in [9.17, 15) is 4.79 Å². The number of benzene rings is 1. The number of aryl methyl sites for hydroxylation is 1. The first kappa shape index (κ1) is 15.2. The van der Waals surface area contributed by atoms with Crippen molar-refractivity contribution in [2.24, 2.45) is 5.92 Å². The minimum absolute atomic E-state index is 0.187. The second kappa shape index (κ2) is 6.26. The summed E-state index contributed by atoms with van der Waals surface area (Å²) in [5.41, 5.74) is 1.17. The Morgan fingerprint density at radius 1 is 1.38 bits per heavy atom. The molecular weight excluding hydrogens is 306 g/mol. The van der Waals surface area contributed by atoms with Crippen molar-refractivity contribution in [1.82, 2.24) is 15.0 Å². The fourth-order valence-electron chi connectivity index (χ4n) is 2.90. The van der Waals surface area contributed by atoms with Gasteiger partial charge >= 0.3 is 0 Å². The van der Waals surface area contributed by atoms with Crippen molar-refractivity contribution >= 4 is 5.91 Å². The summed E-state index contributed by atoms with van der Waals surface area (Å²) in [7, 11) is 0. The van der Waals surface area contributed by atoms with Crippen LogP contribution in [0.5, 0.6) is 5.75 Å². The number of aromatic nitrogens is 2. The number of hydrogen-bond donors (Lipinski definition) is 0. The van der Waals surface area contributed by atoms with Crippen LogP contribution in [0.4, 0.5) is 0 Å². The quantitative estimate of drug-likeness (QED) is 0.814. The first-order valence-corrected chi connectivity index (χ1v) is 8.50. The van der Waals surface area contributed by atoms with E-state index < -0.39 is 0 Å². The molecule has 0 unspecified atom stereocenters. The third-order valence-corrected chi connectivity index (χ3v) is 4.54. The number of carbonyl (C=O) groups is 1. The number of rotatable bonds is 6. The first-order valence-electron chi connectivity index (χ1n) is 8.50. The van der Waals surface area contributed by atoms with Crippen molar-refractivity contribution in [1.29, 1.82) is 0 Å². The van der Waals surface area contributed by atoms with Crippen LogP contribution >= 0.6 is 0 Å². The number of likely N-dealkylation sites (tertiary alicyclic amines) is 1. The summed E-state index contributed by atoms with van der Waals surface area (Å²) in [5, 5.41) is 4.02. The lowest BCUT2D eigenvalue weighted by molar-refractivity contribution is -0.137. The van der Waals surface area contributed by atoms with E-state index in [1.165, 1.54) is 5.56 Å². The Morgan fingerprint density at radius 2 is 2.21 bits per heavy atom. The lowest BCUT2D eigenvalue weighted by Crippen LogP contribution is -2.49. The van der Waals surface area contributed by atoms with Crippen LogP contribution in [0.1, 0.15) is 36.0 Å². The summed E-state index contributed by atoms with van der Waals surface area (Å²) in [5.74, 6) is 2.91. The summed E-state index contributed by atoms with van der Waals surface area (Å²) in [6.45, 7) is 3.96. The highest BCUT2D eigenvalue weighted by atomic mass is 16.5. The van der Waals surface area contributed by atoms with Gasteiger partial charge in [-0.15, -0.1) is 0 Å². The van der Waals surface area contributed by atoms with Crippen molar-refractivity contribution in [3.05, 3.63) is 41.5 Å². The molecule has 24 heavy (non-hydrogen) atoms. The third kappa shape index (κ3) is 3.27. The van der Waals surface area contributed by atoms with Gasteiger partial charge in [-0.1, -0.05) is 17.3 Å². The molecule has 0 spiro atoms. The Balaban J connectivity index is 1.24. The molecule has 1 aromatic carbocycles. The van der Waals surface area contributed by atoms with Crippen LogP contribution in [0, 0.1) is 12.8 Å². The van der Waals surface area contributed by atoms with Gasteiger partial charge in [-0.2, -0.15) is 4.98 Å². The minimum atomic E-state index is 0.187. The zero-order chi connectivity index (χ0) is 16.5. The molecule has 1 saturated carbocycles. The monoisotopic (exact) mass is 327 g/mol. The topological polar surface area (TPSA) is 68.5 Å². The van der Waals surface area contributed by atoms with E-state index in [1.807, 2.05) is 36.1 Å². The predicted octanol–water partition coefficient (Wildman–Crippen LogP) is 2.34. The Bertz CT molecular complexity index is 733. The van der Waals surface area contributed by atoms with Crippen LogP contribution in [0.25, 0.3) is 0 Å². The van der Waals surface area contributed by atoms with Gasteiger partial charge in [0.1, 0.15) is 5.75 Å². The van der Waals surface area contributed by atoms with Gasteiger partial charge in [0.15, 0.2) is 5.82 Å². The zero-order valence-electron chi connectivity index (χ0n) is 13.8. The Kier molecular flexibility index (Phi) is 3.96. The van der Waals surface area contributed by atoms with E-state index in [1.54, 1.807) is 0 Å². The maximum Gasteiger partial charge on any atom is 0.233 e. The highest BCUT2D eigenvalue weighted by Gasteiger charge is 2.41. The van der Waals surface area contributed by atoms with Crippen LogP contribution in [0.15, 0.2) is 28.8 Å². The number of nitrogens with zero attached hydrogens (tertiary/aromatic N) is 3. The highest BCUT2D eigenvalue weighted by molar-refractivity contribution is 5.81. The van der Waals surface area contributed by atoms with E-state index in [4.69, 9.17) is 9.26 Å². The van der Waals surface area contributed by atoms with Gasteiger partial charge in [0.05, 0.1) is 12.5 Å². The van der Waals surface area contributed by atoms with Crippen molar-refractivity contribution in [2.75, 3.05) is 19.7 Å². The fraction of sp³-hybridized carbons (Fsp3) is 0.500. The lowest BCUT2D eigenvalue weighted by Gasteiger charge is -2.37. The molecule has 0 radical (unpaired) electrons. The summed E-state index contributed by atoms with van der Waals surface area (Å²) >= 11 is 0. The average Bonchev–Trinajstić information content (AvgIpc) is 3.27. The molecular formula is C18H21N3O3. The molecule has 2 aromatic rings. The molecule has 2 heterocycles. The molecule has 1 amide bonds. The van der Waals surface area contributed by atoms with Crippen molar-refractivity contribution in [3.8, 4) is 5.75 Å². The van der Waals surface area contributed by atoms with Crippen LogP contribution in [0.2, 0.25) is 0 Å². The molecule has 2 fully saturated rings. The largest absolute Gasteiger partial charge is 0.493 e. The van der Waals surface area contributed by atoms with Crippen LogP contribution < -0.4 is 4.74 Å². The molecule has 0 atom stereocenters. The molecule has 0 N–H and O–H groups in total. The average molecular weight is 327 g/mol. The van der Waals surface area contributed by atoms with Gasteiger partial charge in [-0.3, -0.25) is 4.79 Å². The van der Waals surface area contributed by atoms with Gasteiger partial charge in [0.2, 0.25) is 11.8 Å². The molecule has 2 aliphatic rings. The number of hydrogen-bond acceptors (Lipinski definition) is 5. The fourth-order valence-corrected chi connectivity index (χ4v) is 2.90. The van der Waals surface area contributed by atoms with Gasteiger partial charge in [0.25, 0.3) is 0 Å². The van der Waals surface area contributed by atoms with E-state index in [2.05, 4.69) is 10.1 Å². The maximum absolute atomic E-state index is 11.9. The SMILES string of the molecule is Cc1cccc(OCCc2noc(C3CN(C(=O)C4CC4)C3)n2)c1. The van der Waals surface area contributed by atoms with Crippen molar-refractivity contribution in [3.63, 3.8) is 0 Å². The van der Waals surface area contributed by atoms with E-state index in [0.29, 0.717) is 37.8 Å². The Morgan fingerprint density at radius 3 is 2.96 bits per heavy atom. The number of ether oxygens (including phenoxy) is 1. The summed E-state index contributed by atoms with van der Waals surface area (Å²) in [6, 6.07) is 7.95. The van der Waals surface area contributed by atoms with Gasteiger partial charge < -0.3 is 14.2 Å². The van der Waals surface area contributed by atoms with Crippen LogP contribution in [0.3, 0.4) is 0 Å². The molecule has 1 saturated heterocycles. The van der Waals surface area contributed by atoms with Crippen molar-refractivity contribution < 1.29 is 14.1 Å². The smallest absolute Gasteiger partial charge is 0.233 e. The Hall–Kier alpha value is -2.37. The lowest BCUT2D eigenvalue weighted by atomic mass is 9.99.